The second-order valence-corrected chi connectivity index (χ2v) is 5.27. The third kappa shape index (κ3) is 2.56. The maximum atomic E-state index is 11.7. The summed E-state index contributed by atoms with van der Waals surface area (Å²) in [6, 6.07) is 6.28. The second kappa shape index (κ2) is 5.10. The summed E-state index contributed by atoms with van der Waals surface area (Å²) in [5, 5.41) is 9.43. The molecule has 96 valence electrons. The molecule has 1 aromatic carbocycles. The highest BCUT2D eigenvalue weighted by atomic mass is 79.9. The quantitative estimate of drug-likeness (QED) is 0.929. The summed E-state index contributed by atoms with van der Waals surface area (Å²) in [5.41, 5.74) is 0.618. The fourth-order valence-electron chi connectivity index (χ4n) is 2.10. The summed E-state index contributed by atoms with van der Waals surface area (Å²) >= 11 is 3.35. The highest BCUT2D eigenvalue weighted by Gasteiger charge is 2.40. The maximum Gasteiger partial charge on any atom is 0.331 e. The Bertz CT molecular complexity index is 485. The predicted octanol–water partition coefficient (Wildman–Crippen LogP) is 2.59. The normalized spacial score (nSPS) is 16.1. The van der Waals surface area contributed by atoms with Gasteiger partial charge in [-0.3, -0.25) is 4.79 Å². The molecule has 1 aromatic rings. The second-order valence-electron chi connectivity index (χ2n) is 4.42. The van der Waals surface area contributed by atoms with Gasteiger partial charge in [-0.1, -0.05) is 34.1 Å². The van der Waals surface area contributed by atoms with Crippen LogP contribution in [0.4, 0.5) is 0 Å². The average molecular weight is 312 g/mol. The molecule has 1 fully saturated rings. The van der Waals surface area contributed by atoms with Crippen LogP contribution in [0.15, 0.2) is 28.7 Å². The van der Waals surface area contributed by atoms with Crippen LogP contribution in [-0.4, -0.2) is 27.9 Å². The smallest absolute Gasteiger partial charge is 0.331 e. The molecule has 1 unspecified atom stereocenters. The third-order valence-electron chi connectivity index (χ3n) is 3.02. The van der Waals surface area contributed by atoms with Gasteiger partial charge < -0.3 is 10.0 Å². The molecule has 0 heterocycles. The summed E-state index contributed by atoms with van der Waals surface area (Å²) in [6.07, 6.45) is 1.77. The van der Waals surface area contributed by atoms with Gasteiger partial charge >= 0.3 is 5.97 Å². The number of carbonyl (C=O) groups excluding carboxylic acids is 1. The summed E-state index contributed by atoms with van der Waals surface area (Å²) in [6.45, 7) is 1.42. The van der Waals surface area contributed by atoms with Gasteiger partial charge in [-0.05, 0) is 18.9 Å². The Labute approximate surface area is 114 Å². The van der Waals surface area contributed by atoms with Gasteiger partial charge in [-0.25, -0.2) is 4.79 Å². The number of hydrogen-bond donors (Lipinski definition) is 1. The number of amides is 1. The van der Waals surface area contributed by atoms with Gasteiger partial charge in [-0.2, -0.15) is 0 Å². The Kier molecular flexibility index (Phi) is 3.71. The van der Waals surface area contributed by atoms with Crippen LogP contribution in [0.1, 0.15) is 31.4 Å². The molecule has 0 aromatic heterocycles. The number of carbonyl (C=O) groups is 2. The molecule has 1 saturated carbocycles. The SMILES string of the molecule is CC(=O)N(C1CC1)C(C(=O)O)c1ccccc1Br. The minimum atomic E-state index is -0.996. The Balaban J connectivity index is 2.42. The zero-order valence-electron chi connectivity index (χ0n) is 9.97. The highest BCUT2D eigenvalue weighted by Crippen LogP contribution is 2.36. The van der Waals surface area contributed by atoms with Gasteiger partial charge in [0.15, 0.2) is 6.04 Å². The fourth-order valence-corrected chi connectivity index (χ4v) is 2.60. The van der Waals surface area contributed by atoms with Crippen LogP contribution in [0.5, 0.6) is 0 Å². The third-order valence-corrected chi connectivity index (χ3v) is 3.74. The van der Waals surface area contributed by atoms with Crippen LogP contribution in [0.25, 0.3) is 0 Å². The summed E-state index contributed by atoms with van der Waals surface area (Å²) in [5.74, 6) is -1.19. The molecule has 0 spiro atoms. The first-order valence-electron chi connectivity index (χ1n) is 5.78. The van der Waals surface area contributed by atoms with Gasteiger partial charge in [0.05, 0.1) is 0 Å². The van der Waals surface area contributed by atoms with Crippen molar-refractivity contribution < 1.29 is 14.7 Å². The summed E-state index contributed by atoms with van der Waals surface area (Å²) < 4.78 is 0.712. The zero-order chi connectivity index (χ0) is 13.3. The average Bonchev–Trinajstić information content (AvgIpc) is 3.10. The molecule has 0 radical (unpaired) electrons. The van der Waals surface area contributed by atoms with Crippen molar-refractivity contribution in [2.24, 2.45) is 0 Å². The maximum absolute atomic E-state index is 11.7. The summed E-state index contributed by atoms with van der Waals surface area (Å²) in [7, 11) is 0. The molecule has 4 nitrogen and oxygen atoms in total. The number of carboxylic acid groups (broad SMARTS) is 1. The number of aliphatic carboxylic acids is 1. The molecule has 0 aliphatic heterocycles. The molecule has 1 atom stereocenters. The fraction of sp³-hybridized carbons (Fsp3) is 0.385. The van der Waals surface area contributed by atoms with Crippen LogP contribution in [0.2, 0.25) is 0 Å². The van der Waals surface area contributed by atoms with E-state index < -0.39 is 12.0 Å². The van der Waals surface area contributed by atoms with E-state index in [1.807, 2.05) is 6.07 Å². The van der Waals surface area contributed by atoms with E-state index in [0.29, 0.717) is 10.0 Å². The molecule has 1 amide bonds. The van der Waals surface area contributed by atoms with Gasteiger partial charge in [0.2, 0.25) is 5.91 Å². The first-order chi connectivity index (χ1) is 8.52. The van der Waals surface area contributed by atoms with Crippen molar-refractivity contribution in [3.63, 3.8) is 0 Å². The molecule has 0 saturated heterocycles. The van der Waals surface area contributed by atoms with E-state index >= 15 is 0 Å². The molecule has 1 aliphatic carbocycles. The van der Waals surface area contributed by atoms with Gasteiger partial charge in [0.1, 0.15) is 0 Å². The lowest BCUT2D eigenvalue weighted by molar-refractivity contribution is -0.150. The van der Waals surface area contributed by atoms with E-state index in [9.17, 15) is 14.7 Å². The predicted molar refractivity (Wildman–Crippen MR) is 70.1 cm³/mol. The first kappa shape index (κ1) is 13.1. The van der Waals surface area contributed by atoms with Crippen molar-refractivity contribution in [1.82, 2.24) is 4.90 Å². The topological polar surface area (TPSA) is 57.6 Å². The van der Waals surface area contributed by atoms with E-state index in [-0.39, 0.29) is 11.9 Å². The van der Waals surface area contributed by atoms with Crippen molar-refractivity contribution in [2.45, 2.75) is 31.8 Å². The Morgan fingerprint density at radius 2 is 2.00 bits per heavy atom. The lowest BCUT2D eigenvalue weighted by atomic mass is 10.1. The van der Waals surface area contributed by atoms with Crippen molar-refractivity contribution in [3.05, 3.63) is 34.3 Å². The van der Waals surface area contributed by atoms with Gasteiger partial charge in [0.25, 0.3) is 0 Å². The molecular weight excluding hydrogens is 298 g/mol. The number of rotatable bonds is 4. The first-order valence-corrected chi connectivity index (χ1v) is 6.58. The van der Waals surface area contributed by atoms with E-state index in [1.54, 1.807) is 18.2 Å². The zero-order valence-corrected chi connectivity index (χ0v) is 11.6. The Morgan fingerprint density at radius 3 is 2.44 bits per heavy atom. The molecule has 0 bridgehead atoms. The number of nitrogens with zero attached hydrogens (tertiary/aromatic N) is 1. The lowest BCUT2D eigenvalue weighted by Gasteiger charge is -2.28. The molecule has 1 aliphatic rings. The highest BCUT2D eigenvalue weighted by molar-refractivity contribution is 9.10. The standard InChI is InChI=1S/C13H14BrNO3/c1-8(16)15(9-6-7-9)12(13(17)18)10-4-2-3-5-11(10)14/h2-5,9,12H,6-7H2,1H3,(H,17,18). The van der Waals surface area contributed by atoms with Crippen molar-refractivity contribution in [2.75, 3.05) is 0 Å². The van der Waals surface area contributed by atoms with Crippen LogP contribution in [-0.2, 0) is 9.59 Å². The molecule has 2 rings (SSSR count). The largest absolute Gasteiger partial charge is 0.479 e. The van der Waals surface area contributed by atoms with Crippen LogP contribution < -0.4 is 0 Å². The lowest BCUT2D eigenvalue weighted by Crippen LogP contribution is -2.39. The van der Waals surface area contributed by atoms with Crippen molar-refractivity contribution >= 4 is 27.8 Å². The monoisotopic (exact) mass is 311 g/mol. The molecule has 18 heavy (non-hydrogen) atoms. The van der Waals surface area contributed by atoms with E-state index in [2.05, 4.69) is 15.9 Å². The van der Waals surface area contributed by atoms with Crippen LogP contribution in [0, 0.1) is 0 Å². The minimum absolute atomic E-state index is 0.0655. The number of carboxylic acids is 1. The van der Waals surface area contributed by atoms with E-state index in [4.69, 9.17) is 0 Å². The molecule has 1 N–H and O–H groups in total. The van der Waals surface area contributed by atoms with E-state index in [0.717, 1.165) is 12.8 Å². The van der Waals surface area contributed by atoms with Crippen LogP contribution >= 0.6 is 15.9 Å². The molecule has 5 heteroatoms. The number of hydrogen-bond acceptors (Lipinski definition) is 2. The number of benzene rings is 1. The molecular formula is C13H14BrNO3. The van der Waals surface area contributed by atoms with Crippen LogP contribution in [0.3, 0.4) is 0 Å². The van der Waals surface area contributed by atoms with Gasteiger partial charge in [-0.15, -0.1) is 0 Å². The minimum Gasteiger partial charge on any atom is -0.479 e. The van der Waals surface area contributed by atoms with Crippen molar-refractivity contribution in [1.29, 1.82) is 0 Å². The number of halogens is 1. The Hall–Kier alpha value is -1.36. The summed E-state index contributed by atoms with van der Waals surface area (Å²) in [4.78, 5) is 24.7. The Morgan fingerprint density at radius 1 is 1.39 bits per heavy atom. The van der Waals surface area contributed by atoms with E-state index in [1.165, 1.54) is 11.8 Å². The van der Waals surface area contributed by atoms with Gasteiger partial charge in [0, 0.05) is 23.0 Å². The van der Waals surface area contributed by atoms with Crippen molar-refractivity contribution in [3.8, 4) is 0 Å².